The summed E-state index contributed by atoms with van der Waals surface area (Å²) in [5.41, 5.74) is 11.2. The molecule has 1 heterocycles. The van der Waals surface area contributed by atoms with Crippen LogP contribution in [0.1, 0.15) is 34.8 Å². The zero-order valence-corrected chi connectivity index (χ0v) is 17.8. The van der Waals surface area contributed by atoms with Crippen molar-refractivity contribution in [3.8, 4) is 22.9 Å². The Labute approximate surface area is 190 Å². The van der Waals surface area contributed by atoms with Gasteiger partial charge in [-0.2, -0.15) is 5.26 Å². The van der Waals surface area contributed by atoms with Crippen molar-refractivity contribution in [2.24, 2.45) is 0 Å². The molecule has 6 heteroatoms. The number of nitrogen functional groups attached to an aromatic ring is 1. The fourth-order valence-corrected chi connectivity index (χ4v) is 4.49. The van der Waals surface area contributed by atoms with Crippen LogP contribution >= 0.6 is 0 Å². The molecule has 1 atom stereocenters. The van der Waals surface area contributed by atoms with Gasteiger partial charge in [-0.05, 0) is 64.7 Å². The highest BCUT2D eigenvalue weighted by atomic mass is 16.5. The molecule has 0 saturated carbocycles. The number of carboxylic acid groups (broad SMARTS) is 1. The molecule has 1 aromatic heterocycles. The fraction of sp³-hybridized carbons (Fsp3) is 0.148. The van der Waals surface area contributed by atoms with Crippen LogP contribution in [0.5, 0.6) is 5.75 Å². The van der Waals surface area contributed by atoms with Crippen LogP contribution in [0.15, 0.2) is 66.9 Å². The Bertz CT molecular complexity index is 1440. The number of benzene rings is 3. The molecule has 1 aliphatic carbocycles. The number of nitriles is 1. The van der Waals surface area contributed by atoms with Gasteiger partial charge in [0.1, 0.15) is 23.7 Å². The van der Waals surface area contributed by atoms with Crippen molar-refractivity contribution in [2.45, 2.75) is 25.4 Å². The predicted octanol–water partition coefficient (Wildman–Crippen LogP) is 5.05. The quantitative estimate of drug-likeness (QED) is 0.454. The number of aliphatic carboxylic acids is 1. The summed E-state index contributed by atoms with van der Waals surface area (Å²) in [6.45, 7) is 0. The van der Waals surface area contributed by atoms with E-state index in [0.29, 0.717) is 22.7 Å². The highest BCUT2D eigenvalue weighted by Crippen LogP contribution is 2.40. The Hall–Kier alpha value is -4.37. The van der Waals surface area contributed by atoms with Gasteiger partial charge in [0.2, 0.25) is 0 Å². The molecule has 0 spiro atoms. The molecule has 5 rings (SSSR count). The smallest absolute Gasteiger partial charge is 0.307 e. The minimum atomic E-state index is -0.964. The second-order valence-corrected chi connectivity index (χ2v) is 8.17. The molecular formula is C27H21N3O3. The third-order valence-corrected chi connectivity index (χ3v) is 6.12. The number of rotatable bonds is 5. The first-order valence-electron chi connectivity index (χ1n) is 10.7. The van der Waals surface area contributed by atoms with E-state index < -0.39 is 5.97 Å². The van der Waals surface area contributed by atoms with Gasteiger partial charge in [-0.25, -0.2) is 4.98 Å². The Balaban J connectivity index is 1.52. The molecule has 0 amide bonds. The average molecular weight is 435 g/mol. The largest absolute Gasteiger partial charge is 0.484 e. The number of para-hydroxylation sites is 1. The van der Waals surface area contributed by atoms with E-state index in [1.807, 2.05) is 18.2 Å². The van der Waals surface area contributed by atoms with Crippen molar-refractivity contribution in [2.75, 3.05) is 5.73 Å². The van der Waals surface area contributed by atoms with E-state index in [1.165, 1.54) is 5.56 Å². The topological polar surface area (TPSA) is 109 Å². The van der Waals surface area contributed by atoms with Crippen molar-refractivity contribution < 1.29 is 14.6 Å². The summed E-state index contributed by atoms with van der Waals surface area (Å²) in [7, 11) is 0. The number of carboxylic acids is 1. The van der Waals surface area contributed by atoms with Crippen molar-refractivity contribution >= 4 is 22.6 Å². The van der Waals surface area contributed by atoms with Crippen LogP contribution in [0, 0.1) is 11.3 Å². The van der Waals surface area contributed by atoms with Gasteiger partial charge in [0, 0.05) is 17.1 Å². The molecule has 1 aliphatic rings. The number of nitrogens with zero attached hydrogens (tertiary/aromatic N) is 2. The molecule has 3 N–H and O–H groups in total. The summed E-state index contributed by atoms with van der Waals surface area (Å²) < 4.78 is 6.32. The maximum absolute atomic E-state index is 11.3. The number of aromatic nitrogens is 1. The Morgan fingerprint density at radius 3 is 2.79 bits per heavy atom. The second-order valence-electron chi connectivity index (χ2n) is 8.17. The van der Waals surface area contributed by atoms with Gasteiger partial charge in [0.25, 0.3) is 0 Å². The lowest BCUT2D eigenvalue weighted by atomic mass is 9.98. The van der Waals surface area contributed by atoms with Gasteiger partial charge in [0.05, 0.1) is 12.0 Å². The molecule has 4 aromatic rings. The molecule has 0 fully saturated rings. The molecule has 6 nitrogen and oxygen atoms in total. The van der Waals surface area contributed by atoms with E-state index in [4.69, 9.17) is 10.5 Å². The zero-order chi connectivity index (χ0) is 22.9. The number of fused-ring (bicyclic) bond motifs is 2. The van der Waals surface area contributed by atoms with Crippen LogP contribution in [0.2, 0.25) is 0 Å². The summed E-state index contributed by atoms with van der Waals surface area (Å²) in [6, 6.07) is 21.6. The molecule has 0 bridgehead atoms. The molecule has 0 aliphatic heterocycles. The first-order valence-corrected chi connectivity index (χ1v) is 10.7. The predicted molar refractivity (Wildman–Crippen MR) is 126 cm³/mol. The first kappa shape index (κ1) is 20.5. The summed E-state index contributed by atoms with van der Waals surface area (Å²) in [5, 5.41) is 20.8. The fourth-order valence-electron chi connectivity index (χ4n) is 4.49. The maximum atomic E-state index is 11.3. The number of hydrogen-bond donors (Lipinski definition) is 2. The first-order chi connectivity index (χ1) is 16.0. The second kappa shape index (κ2) is 8.29. The van der Waals surface area contributed by atoms with Gasteiger partial charge in [-0.3, -0.25) is 4.79 Å². The molecule has 0 unspecified atom stereocenters. The minimum absolute atomic E-state index is 0.197. The summed E-state index contributed by atoms with van der Waals surface area (Å²) in [6.07, 6.45) is 2.87. The van der Waals surface area contributed by atoms with E-state index in [0.717, 1.165) is 40.3 Å². The highest BCUT2D eigenvalue weighted by molar-refractivity contribution is 5.94. The third kappa shape index (κ3) is 3.85. The van der Waals surface area contributed by atoms with Crippen LogP contribution in [0.4, 0.5) is 5.82 Å². The minimum Gasteiger partial charge on any atom is -0.484 e. The lowest BCUT2D eigenvalue weighted by molar-refractivity contribution is -0.136. The van der Waals surface area contributed by atoms with Crippen molar-refractivity contribution in [1.82, 2.24) is 4.98 Å². The number of pyridine rings is 1. The third-order valence-electron chi connectivity index (χ3n) is 6.12. The van der Waals surface area contributed by atoms with Gasteiger partial charge in [0.15, 0.2) is 0 Å². The molecule has 3 aromatic carbocycles. The highest BCUT2D eigenvalue weighted by Gasteiger charge is 2.27. The van der Waals surface area contributed by atoms with E-state index >= 15 is 0 Å². The van der Waals surface area contributed by atoms with Gasteiger partial charge in [-0.15, -0.1) is 0 Å². The van der Waals surface area contributed by atoms with E-state index in [-0.39, 0.29) is 12.5 Å². The Kier molecular flexibility index (Phi) is 5.15. The summed E-state index contributed by atoms with van der Waals surface area (Å²) >= 11 is 0. The number of anilines is 1. The standard InChI is InChI=1S/C27H21N3O3/c28-15-21-3-1-2-20(14-25(31)32)26(21)33-24-9-8-16-4-6-18(12-22(16)24)19-7-5-17-10-11-30-27(29)23(17)13-19/h1-7,10-13,24H,8-9,14H2,(H2,29,30)(H,31,32)/t24-/m1/s1. The number of nitrogens with two attached hydrogens (primary N) is 1. The molecule has 162 valence electrons. The van der Waals surface area contributed by atoms with Crippen molar-refractivity contribution in [1.29, 1.82) is 5.26 Å². The number of ether oxygens (including phenoxy) is 1. The molecular weight excluding hydrogens is 414 g/mol. The Morgan fingerprint density at radius 1 is 1.15 bits per heavy atom. The lowest BCUT2D eigenvalue weighted by Crippen LogP contribution is -2.09. The maximum Gasteiger partial charge on any atom is 0.307 e. The normalized spacial score (nSPS) is 14.6. The van der Waals surface area contributed by atoms with Gasteiger partial charge < -0.3 is 15.6 Å². The van der Waals surface area contributed by atoms with Crippen molar-refractivity contribution in [3.63, 3.8) is 0 Å². The SMILES string of the molecule is N#Cc1cccc(CC(=O)O)c1O[C@@H]1CCc2ccc(-c3ccc4ccnc(N)c4c3)cc21. The van der Waals surface area contributed by atoms with Gasteiger partial charge in [-0.1, -0.05) is 36.4 Å². The lowest BCUT2D eigenvalue weighted by Gasteiger charge is -2.19. The van der Waals surface area contributed by atoms with Crippen molar-refractivity contribution in [3.05, 3.63) is 89.1 Å². The number of hydrogen-bond acceptors (Lipinski definition) is 5. The van der Waals surface area contributed by atoms with Crippen LogP contribution in [0.3, 0.4) is 0 Å². The van der Waals surface area contributed by atoms with Crippen LogP contribution in [-0.2, 0) is 17.6 Å². The molecule has 0 saturated heterocycles. The Morgan fingerprint density at radius 2 is 1.97 bits per heavy atom. The van der Waals surface area contributed by atoms with Crippen LogP contribution < -0.4 is 10.5 Å². The number of aryl methyl sites for hydroxylation is 1. The zero-order valence-electron chi connectivity index (χ0n) is 17.8. The van der Waals surface area contributed by atoms with Gasteiger partial charge >= 0.3 is 5.97 Å². The molecule has 33 heavy (non-hydrogen) atoms. The van der Waals surface area contributed by atoms with E-state index in [1.54, 1.807) is 24.4 Å². The molecule has 0 radical (unpaired) electrons. The number of carbonyl (C=O) groups is 1. The monoisotopic (exact) mass is 435 g/mol. The van der Waals surface area contributed by atoms with E-state index in [9.17, 15) is 15.2 Å². The van der Waals surface area contributed by atoms with Crippen LogP contribution in [0.25, 0.3) is 21.9 Å². The summed E-state index contributed by atoms with van der Waals surface area (Å²) in [5.74, 6) is -0.111. The van der Waals surface area contributed by atoms with Crippen LogP contribution in [-0.4, -0.2) is 16.1 Å². The van der Waals surface area contributed by atoms with E-state index in [2.05, 4.69) is 35.3 Å². The average Bonchev–Trinajstić information content (AvgIpc) is 3.22. The summed E-state index contributed by atoms with van der Waals surface area (Å²) in [4.78, 5) is 15.5.